The first-order chi connectivity index (χ1) is 14.0. The van der Waals surface area contributed by atoms with Crippen molar-refractivity contribution in [1.82, 2.24) is 9.55 Å². The number of fused-ring (bicyclic) bond motifs is 1. The number of ether oxygens (including phenoxy) is 2. The van der Waals surface area contributed by atoms with Crippen LogP contribution in [0.3, 0.4) is 0 Å². The molecule has 2 aromatic heterocycles. The van der Waals surface area contributed by atoms with Gasteiger partial charge in [-0.2, -0.15) is 0 Å². The maximum absolute atomic E-state index is 13.2. The number of aromatic nitrogens is 2. The number of methoxy groups -OCH3 is 2. The molecule has 0 saturated heterocycles. The first kappa shape index (κ1) is 19.8. The number of hydrogen-bond acceptors (Lipinski definition) is 5. The summed E-state index contributed by atoms with van der Waals surface area (Å²) in [6, 6.07) is 10.9. The number of benzene rings is 2. The molecular formula is C21H16Cl2N2O3S. The molecule has 0 unspecified atom stereocenters. The quantitative estimate of drug-likeness (QED) is 0.406. The largest absolute Gasteiger partial charge is 0.493 e. The molecule has 2 heterocycles. The molecule has 0 radical (unpaired) electrons. The lowest BCUT2D eigenvalue weighted by molar-refractivity contribution is 0.355. The molecule has 0 amide bonds. The van der Waals surface area contributed by atoms with Gasteiger partial charge in [0.1, 0.15) is 4.83 Å². The second-order valence-corrected chi connectivity index (χ2v) is 8.00. The zero-order chi connectivity index (χ0) is 20.5. The number of hydrogen-bond donors (Lipinski definition) is 0. The van der Waals surface area contributed by atoms with Crippen molar-refractivity contribution in [2.45, 2.75) is 6.54 Å². The van der Waals surface area contributed by atoms with Gasteiger partial charge >= 0.3 is 0 Å². The van der Waals surface area contributed by atoms with E-state index >= 15 is 0 Å². The van der Waals surface area contributed by atoms with Crippen molar-refractivity contribution in [1.29, 1.82) is 0 Å². The molecule has 2 aromatic carbocycles. The van der Waals surface area contributed by atoms with E-state index in [2.05, 4.69) is 4.98 Å². The van der Waals surface area contributed by atoms with Crippen molar-refractivity contribution >= 4 is 44.8 Å². The zero-order valence-electron chi connectivity index (χ0n) is 15.6. The van der Waals surface area contributed by atoms with Crippen LogP contribution in [-0.2, 0) is 6.54 Å². The molecule has 4 aromatic rings. The minimum atomic E-state index is -0.118. The van der Waals surface area contributed by atoms with Gasteiger partial charge in [0.25, 0.3) is 5.56 Å². The molecule has 0 aliphatic heterocycles. The standard InChI is InChI=1S/C21H16Cl2N2O3S/c1-27-17-6-4-13(8-18(17)28-2)14-10-29-20-19(14)21(26)25(11-24-20)9-12-3-5-15(22)16(23)7-12/h3-8,10-11H,9H2,1-2H3. The van der Waals surface area contributed by atoms with E-state index in [4.69, 9.17) is 32.7 Å². The SMILES string of the molecule is COc1ccc(-c2csc3ncn(Cc4ccc(Cl)c(Cl)c4)c(=O)c23)cc1OC. The van der Waals surface area contributed by atoms with Crippen LogP contribution in [-0.4, -0.2) is 23.8 Å². The van der Waals surface area contributed by atoms with Crippen LogP contribution in [0.1, 0.15) is 5.56 Å². The van der Waals surface area contributed by atoms with Gasteiger partial charge in [-0.1, -0.05) is 35.3 Å². The van der Waals surface area contributed by atoms with Crippen molar-refractivity contribution in [3.05, 3.63) is 74.1 Å². The smallest absolute Gasteiger partial charge is 0.263 e. The fourth-order valence-corrected chi connectivity index (χ4v) is 4.36. The lowest BCUT2D eigenvalue weighted by atomic mass is 10.1. The highest BCUT2D eigenvalue weighted by Crippen LogP contribution is 2.36. The molecule has 0 N–H and O–H groups in total. The maximum atomic E-state index is 13.2. The van der Waals surface area contributed by atoms with Crippen LogP contribution in [0.5, 0.6) is 11.5 Å². The van der Waals surface area contributed by atoms with E-state index in [-0.39, 0.29) is 5.56 Å². The fourth-order valence-electron chi connectivity index (χ4n) is 3.13. The summed E-state index contributed by atoms with van der Waals surface area (Å²) < 4.78 is 12.3. The average molecular weight is 447 g/mol. The van der Waals surface area contributed by atoms with E-state index in [1.54, 1.807) is 37.2 Å². The fraction of sp³-hybridized carbons (Fsp3) is 0.143. The summed E-state index contributed by atoms with van der Waals surface area (Å²) in [7, 11) is 3.17. The van der Waals surface area contributed by atoms with Crippen molar-refractivity contribution in [3.8, 4) is 22.6 Å². The molecule has 0 aliphatic rings. The Hall–Kier alpha value is -2.54. The molecule has 29 heavy (non-hydrogen) atoms. The molecule has 4 rings (SSSR count). The monoisotopic (exact) mass is 446 g/mol. The minimum Gasteiger partial charge on any atom is -0.493 e. The molecule has 0 bridgehead atoms. The Balaban J connectivity index is 1.80. The summed E-state index contributed by atoms with van der Waals surface area (Å²) in [5.74, 6) is 1.23. The van der Waals surface area contributed by atoms with Crippen molar-refractivity contribution < 1.29 is 9.47 Å². The molecule has 148 valence electrons. The Morgan fingerprint density at radius 3 is 2.55 bits per heavy atom. The topological polar surface area (TPSA) is 53.4 Å². The van der Waals surface area contributed by atoms with Crippen molar-refractivity contribution in [2.75, 3.05) is 14.2 Å². The number of rotatable bonds is 5. The molecule has 0 spiro atoms. The minimum absolute atomic E-state index is 0.118. The van der Waals surface area contributed by atoms with Gasteiger partial charge in [-0.3, -0.25) is 9.36 Å². The normalized spacial score (nSPS) is 11.0. The van der Waals surface area contributed by atoms with Crippen LogP contribution in [0.15, 0.2) is 52.9 Å². The van der Waals surface area contributed by atoms with Gasteiger partial charge in [-0.15, -0.1) is 11.3 Å². The van der Waals surface area contributed by atoms with Gasteiger partial charge in [-0.05, 0) is 35.4 Å². The van der Waals surface area contributed by atoms with Crippen LogP contribution in [0.4, 0.5) is 0 Å². The van der Waals surface area contributed by atoms with Gasteiger partial charge < -0.3 is 9.47 Å². The highest BCUT2D eigenvalue weighted by Gasteiger charge is 2.15. The third-order valence-corrected chi connectivity index (χ3v) is 6.22. The van der Waals surface area contributed by atoms with E-state index in [1.165, 1.54) is 11.3 Å². The summed E-state index contributed by atoms with van der Waals surface area (Å²) in [5.41, 5.74) is 2.42. The summed E-state index contributed by atoms with van der Waals surface area (Å²) in [6.45, 7) is 0.347. The van der Waals surface area contributed by atoms with E-state index < -0.39 is 0 Å². The van der Waals surface area contributed by atoms with E-state index in [1.807, 2.05) is 29.6 Å². The number of nitrogens with zero attached hydrogens (tertiary/aromatic N) is 2. The van der Waals surface area contributed by atoms with Crippen molar-refractivity contribution in [3.63, 3.8) is 0 Å². The Kier molecular flexibility index (Phi) is 5.50. The molecule has 8 heteroatoms. The van der Waals surface area contributed by atoms with Crippen LogP contribution >= 0.6 is 34.5 Å². The van der Waals surface area contributed by atoms with Crippen LogP contribution in [0.2, 0.25) is 10.0 Å². The van der Waals surface area contributed by atoms with E-state index in [0.717, 1.165) is 16.7 Å². The lowest BCUT2D eigenvalue weighted by Crippen LogP contribution is -2.21. The first-order valence-electron chi connectivity index (χ1n) is 8.64. The Bertz CT molecular complexity index is 1270. The van der Waals surface area contributed by atoms with Gasteiger partial charge in [0.05, 0.1) is 42.5 Å². The second-order valence-electron chi connectivity index (χ2n) is 6.33. The molecule has 0 aliphatic carbocycles. The Morgan fingerprint density at radius 1 is 1.03 bits per heavy atom. The van der Waals surface area contributed by atoms with Gasteiger partial charge in [-0.25, -0.2) is 4.98 Å². The summed E-state index contributed by atoms with van der Waals surface area (Å²) in [5, 5.41) is 3.44. The first-order valence-corrected chi connectivity index (χ1v) is 10.3. The maximum Gasteiger partial charge on any atom is 0.263 e. The number of halogens is 2. The van der Waals surface area contributed by atoms with E-state index in [0.29, 0.717) is 38.3 Å². The zero-order valence-corrected chi connectivity index (χ0v) is 17.9. The van der Waals surface area contributed by atoms with Crippen molar-refractivity contribution in [2.24, 2.45) is 0 Å². The highest BCUT2D eigenvalue weighted by atomic mass is 35.5. The van der Waals surface area contributed by atoms with Gasteiger partial charge in [0.2, 0.25) is 0 Å². The molecule has 0 fully saturated rings. The van der Waals surface area contributed by atoms with Crippen LogP contribution < -0.4 is 15.0 Å². The van der Waals surface area contributed by atoms with Gasteiger partial charge in [0.15, 0.2) is 11.5 Å². The third kappa shape index (κ3) is 3.71. The van der Waals surface area contributed by atoms with E-state index in [9.17, 15) is 4.79 Å². The summed E-state index contributed by atoms with van der Waals surface area (Å²) >= 11 is 13.5. The Labute approximate surface area is 181 Å². The van der Waals surface area contributed by atoms with Gasteiger partial charge in [0, 0.05) is 10.9 Å². The predicted octanol–water partition coefficient (Wildman–Crippen LogP) is 5.50. The molecule has 5 nitrogen and oxygen atoms in total. The number of thiophene rings is 1. The lowest BCUT2D eigenvalue weighted by Gasteiger charge is -2.10. The third-order valence-electron chi connectivity index (χ3n) is 4.59. The summed E-state index contributed by atoms with van der Waals surface area (Å²) in [4.78, 5) is 18.4. The predicted molar refractivity (Wildman–Crippen MR) is 118 cm³/mol. The second kappa shape index (κ2) is 8.06. The van der Waals surface area contributed by atoms with Crippen LogP contribution in [0.25, 0.3) is 21.3 Å². The summed E-state index contributed by atoms with van der Waals surface area (Å²) in [6.07, 6.45) is 1.56. The average Bonchev–Trinajstić information content (AvgIpc) is 3.17. The highest BCUT2D eigenvalue weighted by molar-refractivity contribution is 7.17. The molecular weight excluding hydrogens is 431 g/mol. The molecule has 0 saturated carbocycles. The Morgan fingerprint density at radius 2 is 1.83 bits per heavy atom. The van der Waals surface area contributed by atoms with Crippen LogP contribution in [0, 0.1) is 0 Å². The molecule has 0 atom stereocenters.